The number of hydrogen-bond donors (Lipinski definition) is 2. The Morgan fingerprint density at radius 2 is 2.00 bits per heavy atom. The van der Waals surface area contributed by atoms with Gasteiger partial charge in [-0.15, -0.1) is 9.90 Å². The minimum absolute atomic E-state index is 0.000781. The van der Waals surface area contributed by atoms with Crippen LogP contribution in [0.4, 0.5) is 5.69 Å². The molecule has 2 aromatic carbocycles. The number of nitrogens with zero attached hydrogens (tertiary/aromatic N) is 4. The summed E-state index contributed by atoms with van der Waals surface area (Å²) in [7, 11) is 1.30. The lowest BCUT2D eigenvalue weighted by Crippen LogP contribution is -2.33. The second-order valence-electron chi connectivity index (χ2n) is 6.65. The average molecular weight is 406 g/mol. The zero-order chi connectivity index (χ0) is 21.3. The van der Waals surface area contributed by atoms with E-state index < -0.39 is 16.9 Å². The molecular weight excluding hydrogens is 388 g/mol. The number of nitro groups is 1. The number of H-pyrrole nitrogens is 1. The van der Waals surface area contributed by atoms with Crippen LogP contribution >= 0.6 is 0 Å². The largest absolute Gasteiger partial charge is 0.468 e. The molecule has 0 amide bonds. The molecule has 0 aliphatic carbocycles. The van der Waals surface area contributed by atoms with Crippen molar-refractivity contribution in [1.82, 2.24) is 20.0 Å². The number of nitro benzene ring substituents is 1. The van der Waals surface area contributed by atoms with Crippen LogP contribution in [0.25, 0.3) is 28.0 Å². The topological polar surface area (TPSA) is 142 Å². The molecule has 4 rings (SSSR count). The molecule has 0 fully saturated rings. The number of rotatable bonds is 6. The standard InChI is InChI=1S/C20H18N6O4/c1-30-20(27)16(21)10-15-14-4-2-3-5-17(14)23-19(15)25-22-11-18(24-25)12-6-8-13(9-7-12)26(28)29/h2-9,11,16,23H,10,21H2,1H3/t16-/m0/s1. The maximum Gasteiger partial charge on any atom is 0.322 e. The van der Waals surface area contributed by atoms with Gasteiger partial charge in [-0.25, -0.2) is 0 Å². The van der Waals surface area contributed by atoms with Crippen molar-refractivity contribution in [3.8, 4) is 17.1 Å². The van der Waals surface area contributed by atoms with Gasteiger partial charge in [0.15, 0.2) is 5.82 Å². The molecule has 0 saturated heterocycles. The van der Waals surface area contributed by atoms with Crippen molar-refractivity contribution < 1.29 is 14.5 Å². The van der Waals surface area contributed by atoms with Crippen LogP contribution in [0.2, 0.25) is 0 Å². The normalized spacial score (nSPS) is 12.1. The fourth-order valence-corrected chi connectivity index (χ4v) is 3.27. The number of carbonyl (C=O) groups is 1. The number of benzene rings is 2. The highest BCUT2D eigenvalue weighted by Crippen LogP contribution is 2.27. The Balaban J connectivity index is 1.74. The SMILES string of the molecule is COC(=O)[C@@H](N)Cc1c(-n2ncc(-c3ccc([N+](=O)[O-])cc3)n2)[nH]c2ccccc12. The predicted octanol–water partition coefficient (Wildman–Crippen LogP) is 2.37. The van der Waals surface area contributed by atoms with E-state index >= 15 is 0 Å². The van der Waals surface area contributed by atoms with Crippen LogP contribution in [0.5, 0.6) is 0 Å². The number of aromatic amines is 1. The summed E-state index contributed by atoms with van der Waals surface area (Å²) in [5, 5.41) is 20.6. The average Bonchev–Trinajstić information content (AvgIpc) is 3.38. The maximum absolute atomic E-state index is 11.8. The third-order valence-electron chi connectivity index (χ3n) is 4.78. The second kappa shape index (κ2) is 7.76. The molecule has 0 aliphatic rings. The third kappa shape index (κ3) is 3.51. The highest BCUT2D eigenvalue weighted by atomic mass is 16.6. The highest BCUT2D eigenvalue weighted by molar-refractivity contribution is 5.88. The summed E-state index contributed by atoms with van der Waals surface area (Å²) in [5.41, 5.74) is 8.88. The number of fused-ring (bicyclic) bond motifs is 1. The van der Waals surface area contributed by atoms with E-state index in [9.17, 15) is 14.9 Å². The van der Waals surface area contributed by atoms with Gasteiger partial charge in [0.25, 0.3) is 5.69 Å². The van der Waals surface area contributed by atoms with Crippen LogP contribution in [0.3, 0.4) is 0 Å². The number of non-ortho nitro benzene ring substituents is 1. The summed E-state index contributed by atoms with van der Waals surface area (Å²) in [6.07, 6.45) is 1.80. The van der Waals surface area contributed by atoms with Crippen LogP contribution in [0.15, 0.2) is 54.7 Å². The molecule has 30 heavy (non-hydrogen) atoms. The highest BCUT2D eigenvalue weighted by Gasteiger charge is 2.22. The number of ether oxygens (including phenoxy) is 1. The maximum atomic E-state index is 11.8. The molecule has 0 bridgehead atoms. The van der Waals surface area contributed by atoms with Gasteiger partial charge in [0.1, 0.15) is 11.7 Å². The minimum atomic E-state index is -0.835. The number of nitrogens with one attached hydrogen (secondary N) is 1. The zero-order valence-corrected chi connectivity index (χ0v) is 16.0. The number of hydrogen-bond acceptors (Lipinski definition) is 7. The van der Waals surface area contributed by atoms with E-state index in [0.29, 0.717) is 17.1 Å². The predicted molar refractivity (Wildman–Crippen MR) is 109 cm³/mol. The fourth-order valence-electron chi connectivity index (χ4n) is 3.27. The van der Waals surface area contributed by atoms with E-state index in [4.69, 9.17) is 10.5 Å². The quantitative estimate of drug-likeness (QED) is 0.284. The molecule has 0 unspecified atom stereocenters. The molecule has 0 spiro atoms. The smallest absolute Gasteiger partial charge is 0.322 e. The van der Waals surface area contributed by atoms with E-state index in [1.807, 2.05) is 24.3 Å². The summed E-state index contributed by atoms with van der Waals surface area (Å²) >= 11 is 0. The summed E-state index contributed by atoms with van der Waals surface area (Å²) in [4.78, 5) is 26.9. The molecular formula is C20H18N6O4. The molecule has 0 aliphatic heterocycles. The number of para-hydroxylation sites is 1. The first kappa shape index (κ1) is 19.3. The Hall–Kier alpha value is -4.05. The Morgan fingerprint density at radius 3 is 2.70 bits per heavy atom. The lowest BCUT2D eigenvalue weighted by molar-refractivity contribution is -0.384. The molecule has 2 aromatic heterocycles. The van der Waals surface area contributed by atoms with Crippen LogP contribution in [-0.2, 0) is 16.0 Å². The number of nitrogens with two attached hydrogens (primary N) is 1. The van der Waals surface area contributed by atoms with E-state index in [1.165, 1.54) is 24.0 Å². The van der Waals surface area contributed by atoms with Crippen LogP contribution in [0, 0.1) is 10.1 Å². The summed E-state index contributed by atoms with van der Waals surface area (Å²) in [5.74, 6) is 0.0786. The van der Waals surface area contributed by atoms with E-state index in [2.05, 4.69) is 15.2 Å². The van der Waals surface area contributed by atoms with Crippen LogP contribution in [-0.4, -0.2) is 44.0 Å². The minimum Gasteiger partial charge on any atom is -0.468 e. The fraction of sp³-hybridized carbons (Fsp3) is 0.150. The monoisotopic (exact) mass is 406 g/mol. The first-order valence-corrected chi connectivity index (χ1v) is 9.08. The molecule has 4 aromatic rings. The van der Waals surface area contributed by atoms with Gasteiger partial charge in [0, 0.05) is 40.6 Å². The molecule has 3 N–H and O–H groups in total. The molecule has 0 radical (unpaired) electrons. The van der Waals surface area contributed by atoms with Crippen LogP contribution in [0.1, 0.15) is 5.56 Å². The first-order chi connectivity index (χ1) is 14.5. The van der Waals surface area contributed by atoms with Gasteiger partial charge in [-0.2, -0.15) is 5.10 Å². The van der Waals surface area contributed by atoms with E-state index in [-0.39, 0.29) is 12.1 Å². The zero-order valence-electron chi connectivity index (χ0n) is 16.0. The van der Waals surface area contributed by atoms with Crippen molar-refractivity contribution in [2.45, 2.75) is 12.5 Å². The summed E-state index contributed by atoms with van der Waals surface area (Å²) in [6, 6.07) is 12.9. The van der Waals surface area contributed by atoms with Gasteiger partial charge in [-0.05, 0) is 18.2 Å². The van der Waals surface area contributed by atoms with E-state index in [1.54, 1.807) is 18.3 Å². The lowest BCUT2D eigenvalue weighted by Gasteiger charge is -2.10. The van der Waals surface area contributed by atoms with Gasteiger partial charge in [-0.3, -0.25) is 14.9 Å². The van der Waals surface area contributed by atoms with Crippen LogP contribution < -0.4 is 5.73 Å². The van der Waals surface area contributed by atoms with Crippen molar-refractivity contribution >= 4 is 22.6 Å². The molecule has 2 heterocycles. The number of aromatic nitrogens is 4. The van der Waals surface area contributed by atoms with Gasteiger partial charge in [0.2, 0.25) is 0 Å². The van der Waals surface area contributed by atoms with Crippen molar-refractivity contribution in [2.75, 3.05) is 7.11 Å². The Morgan fingerprint density at radius 1 is 1.27 bits per heavy atom. The Labute approximate surface area is 170 Å². The second-order valence-corrected chi connectivity index (χ2v) is 6.65. The number of esters is 1. The third-order valence-corrected chi connectivity index (χ3v) is 4.78. The first-order valence-electron chi connectivity index (χ1n) is 9.08. The number of carbonyl (C=O) groups excluding carboxylic acids is 1. The van der Waals surface area contributed by atoms with Crippen molar-refractivity contribution in [3.05, 3.63) is 70.4 Å². The molecule has 10 heteroatoms. The van der Waals surface area contributed by atoms with E-state index in [0.717, 1.165) is 16.5 Å². The molecule has 10 nitrogen and oxygen atoms in total. The van der Waals surface area contributed by atoms with Gasteiger partial charge >= 0.3 is 5.97 Å². The molecule has 0 saturated carbocycles. The van der Waals surface area contributed by atoms with Crippen molar-refractivity contribution in [2.24, 2.45) is 5.73 Å². The molecule has 1 atom stereocenters. The number of methoxy groups -OCH3 is 1. The van der Waals surface area contributed by atoms with Gasteiger partial charge < -0.3 is 15.5 Å². The van der Waals surface area contributed by atoms with Crippen molar-refractivity contribution in [3.63, 3.8) is 0 Å². The van der Waals surface area contributed by atoms with Crippen molar-refractivity contribution in [1.29, 1.82) is 0 Å². The molecule has 152 valence electrons. The Kier molecular flexibility index (Phi) is 4.98. The lowest BCUT2D eigenvalue weighted by atomic mass is 10.0. The van der Waals surface area contributed by atoms with Gasteiger partial charge in [-0.1, -0.05) is 18.2 Å². The summed E-state index contributed by atoms with van der Waals surface area (Å²) in [6.45, 7) is 0. The summed E-state index contributed by atoms with van der Waals surface area (Å²) < 4.78 is 4.75. The Bertz CT molecular complexity index is 1230. The van der Waals surface area contributed by atoms with Gasteiger partial charge in [0.05, 0.1) is 18.2 Å².